The van der Waals surface area contributed by atoms with Crippen LogP contribution in [0.1, 0.15) is 52.0 Å². The van der Waals surface area contributed by atoms with Crippen molar-refractivity contribution in [1.82, 2.24) is 10.2 Å². The molecule has 166 valence electrons. The van der Waals surface area contributed by atoms with Gasteiger partial charge in [-0.1, -0.05) is 44.9 Å². The molecule has 1 saturated heterocycles. The Hall–Kier alpha value is -2.34. The van der Waals surface area contributed by atoms with Gasteiger partial charge in [-0.05, 0) is 44.4 Å². The molecule has 1 N–H and O–H groups in total. The number of amides is 2. The minimum atomic E-state index is -0.0546. The monoisotopic (exact) mass is 415 g/mol. The molecule has 2 rings (SSSR count). The third-order valence-corrected chi connectivity index (χ3v) is 5.15. The van der Waals surface area contributed by atoms with E-state index in [0.717, 1.165) is 36.4 Å². The van der Waals surface area contributed by atoms with Crippen LogP contribution >= 0.6 is 0 Å². The van der Waals surface area contributed by atoms with Crippen LogP contribution in [-0.4, -0.2) is 55.6 Å². The van der Waals surface area contributed by atoms with E-state index in [0.29, 0.717) is 19.6 Å². The Labute approximate surface area is 181 Å². The van der Waals surface area contributed by atoms with Crippen LogP contribution in [0.2, 0.25) is 0 Å². The van der Waals surface area contributed by atoms with E-state index in [1.807, 2.05) is 44.2 Å². The topological polar surface area (TPSA) is 63.2 Å². The van der Waals surface area contributed by atoms with E-state index in [1.165, 1.54) is 12.8 Å². The zero-order chi connectivity index (χ0) is 21.8. The number of aryl methyl sites for hydroxylation is 1. The lowest BCUT2D eigenvalue weighted by Crippen LogP contribution is -2.59. The van der Waals surface area contributed by atoms with Gasteiger partial charge in [0.1, 0.15) is 17.5 Å². The number of nitrogens with one attached hydrogen (secondary N) is 1. The second-order valence-electron chi connectivity index (χ2n) is 7.66. The van der Waals surface area contributed by atoms with Crippen molar-refractivity contribution >= 4 is 17.9 Å². The fourth-order valence-corrected chi connectivity index (χ4v) is 3.19. The molecule has 1 heterocycles. The fraction of sp³-hybridized carbons (Fsp3) is 0.583. The molecule has 0 aliphatic carbocycles. The van der Waals surface area contributed by atoms with E-state index in [2.05, 4.69) is 24.2 Å². The van der Waals surface area contributed by atoms with E-state index in [9.17, 15) is 4.79 Å². The molecule has 1 fully saturated rings. The number of carbonyl (C=O) groups is 1. The maximum absolute atomic E-state index is 12.4. The maximum atomic E-state index is 12.4. The van der Waals surface area contributed by atoms with Gasteiger partial charge in [-0.15, -0.1) is 0 Å². The second kappa shape index (κ2) is 13.1. The molecular weight excluding hydrogens is 378 g/mol. The zero-order valence-electron chi connectivity index (χ0n) is 18.9. The van der Waals surface area contributed by atoms with Crippen LogP contribution in [0.4, 0.5) is 10.5 Å². The number of urea groups is 1. The smallest absolute Gasteiger partial charge is 0.317 e. The minimum absolute atomic E-state index is 0.0134. The molecule has 1 aliphatic rings. The lowest BCUT2D eigenvalue weighted by molar-refractivity contribution is 0.0343. The Balaban J connectivity index is 1.77. The predicted octanol–water partition coefficient (Wildman–Crippen LogP) is 5.03. The first kappa shape index (κ1) is 23.9. The number of nitrogens with zero attached hydrogens (tertiary/aromatic N) is 2. The summed E-state index contributed by atoms with van der Waals surface area (Å²) in [6, 6.07) is 5.86. The van der Waals surface area contributed by atoms with E-state index < -0.39 is 0 Å². The molecule has 0 aromatic heterocycles. The van der Waals surface area contributed by atoms with Crippen molar-refractivity contribution in [3.63, 3.8) is 0 Å². The van der Waals surface area contributed by atoms with Gasteiger partial charge in [-0.3, -0.25) is 4.99 Å². The molecule has 2 amide bonds. The maximum Gasteiger partial charge on any atom is 0.317 e. The van der Waals surface area contributed by atoms with Crippen molar-refractivity contribution in [2.45, 2.75) is 65.6 Å². The lowest BCUT2D eigenvalue weighted by atomic mass is 10.1. The minimum Gasteiger partial charge on any atom is -0.484 e. The third kappa shape index (κ3) is 7.48. The van der Waals surface area contributed by atoms with Gasteiger partial charge in [0.2, 0.25) is 0 Å². The number of carbonyl (C=O) groups excluding carboxylic acids is 1. The number of hydrogen-bond donors (Lipinski definition) is 1. The van der Waals surface area contributed by atoms with Crippen LogP contribution in [-0.2, 0) is 4.74 Å². The van der Waals surface area contributed by atoms with Crippen molar-refractivity contribution in [3.8, 4) is 5.75 Å². The van der Waals surface area contributed by atoms with E-state index >= 15 is 0 Å². The summed E-state index contributed by atoms with van der Waals surface area (Å²) in [5.74, 6) is 0.757. The molecule has 1 unspecified atom stereocenters. The summed E-state index contributed by atoms with van der Waals surface area (Å²) in [6.07, 6.45) is 9.98. The predicted molar refractivity (Wildman–Crippen MR) is 123 cm³/mol. The Morgan fingerprint density at radius 2 is 2.13 bits per heavy atom. The van der Waals surface area contributed by atoms with Crippen molar-refractivity contribution in [1.29, 1.82) is 0 Å². The molecule has 1 aromatic carbocycles. The molecule has 0 saturated carbocycles. The van der Waals surface area contributed by atoms with E-state index in [1.54, 1.807) is 11.1 Å². The highest BCUT2D eigenvalue weighted by molar-refractivity contribution is 5.77. The molecule has 1 atom stereocenters. The first-order valence-electron chi connectivity index (χ1n) is 11.1. The first-order valence-corrected chi connectivity index (χ1v) is 11.1. The van der Waals surface area contributed by atoms with E-state index in [-0.39, 0.29) is 18.2 Å². The standard InChI is InChI=1S/C24H37N3O3/c1-5-8-10-15-29-20(7-3)16-26-24(28)27-17-21(18-27)30-22-13-11-12-19(4)23(22)25-14-9-6-2/h6,9,11-14,20-21H,5,7-8,10,15-18H2,1-4H3,(H,26,28)/b9-6+,25-14?. The molecule has 0 radical (unpaired) electrons. The Morgan fingerprint density at radius 3 is 2.83 bits per heavy atom. The van der Waals surface area contributed by atoms with Crippen LogP contribution in [0.15, 0.2) is 35.3 Å². The average molecular weight is 416 g/mol. The summed E-state index contributed by atoms with van der Waals surface area (Å²) >= 11 is 0. The van der Waals surface area contributed by atoms with Gasteiger partial charge in [-0.2, -0.15) is 0 Å². The van der Waals surface area contributed by atoms with Crippen molar-refractivity contribution in [3.05, 3.63) is 35.9 Å². The van der Waals surface area contributed by atoms with E-state index in [4.69, 9.17) is 9.47 Å². The van der Waals surface area contributed by atoms with Gasteiger partial charge in [0.25, 0.3) is 0 Å². The summed E-state index contributed by atoms with van der Waals surface area (Å²) in [5, 5.41) is 2.99. The molecule has 6 nitrogen and oxygen atoms in total. The summed E-state index contributed by atoms with van der Waals surface area (Å²) in [4.78, 5) is 18.7. The molecule has 0 spiro atoms. The Bertz CT molecular complexity index is 712. The molecule has 6 heteroatoms. The van der Waals surface area contributed by atoms with Crippen molar-refractivity contribution < 1.29 is 14.3 Å². The van der Waals surface area contributed by atoms with Gasteiger partial charge in [0.15, 0.2) is 0 Å². The fourth-order valence-electron chi connectivity index (χ4n) is 3.19. The highest BCUT2D eigenvalue weighted by Gasteiger charge is 2.33. The van der Waals surface area contributed by atoms with Gasteiger partial charge >= 0.3 is 6.03 Å². The van der Waals surface area contributed by atoms with Crippen molar-refractivity contribution in [2.24, 2.45) is 4.99 Å². The number of hydrogen-bond acceptors (Lipinski definition) is 4. The zero-order valence-corrected chi connectivity index (χ0v) is 18.9. The lowest BCUT2D eigenvalue weighted by Gasteiger charge is -2.39. The number of para-hydroxylation sites is 1. The SMILES string of the molecule is C/C=C/C=Nc1c(C)cccc1OC1CN(C(=O)NCC(CC)OCCCCC)C1. The largest absolute Gasteiger partial charge is 0.484 e. The van der Waals surface area contributed by atoms with Gasteiger partial charge in [0.05, 0.1) is 19.2 Å². The summed E-state index contributed by atoms with van der Waals surface area (Å²) in [7, 11) is 0. The van der Waals surface area contributed by atoms with Crippen LogP contribution in [0.25, 0.3) is 0 Å². The van der Waals surface area contributed by atoms with Gasteiger partial charge < -0.3 is 19.7 Å². The first-order chi connectivity index (χ1) is 14.6. The number of unbranched alkanes of at least 4 members (excludes halogenated alkanes) is 2. The van der Waals surface area contributed by atoms with Crippen LogP contribution in [0, 0.1) is 6.92 Å². The summed E-state index contributed by atoms with van der Waals surface area (Å²) in [5.41, 5.74) is 1.90. The molecular formula is C24H37N3O3. The van der Waals surface area contributed by atoms with Gasteiger partial charge in [0, 0.05) is 19.4 Å². The number of likely N-dealkylation sites (tertiary alicyclic amines) is 1. The number of ether oxygens (including phenoxy) is 2. The Morgan fingerprint density at radius 1 is 1.33 bits per heavy atom. The normalized spacial score (nSPS) is 15.5. The number of benzene rings is 1. The highest BCUT2D eigenvalue weighted by Crippen LogP contribution is 2.32. The molecule has 1 aliphatic heterocycles. The molecule has 30 heavy (non-hydrogen) atoms. The summed E-state index contributed by atoms with van der Waals surface area (Å²) in [6.45, 7) is 10.7. The highest BCUT2D eigenvalue weighted by atomic mass is 16.5. The van der Waals surface area contributed by atoms with Crippen molar-refractivity contribution in [2.75, 3.05) is 26.2 Å². The quantitative estimate of drug-likeness (QED) is 0.385. The molecule has 1 aromatic rings. The second-order valence-corrected chi connectivity index (χ2v) is 7.66. The van der Waals surface area contributed by atoms with Crippen LogP contribution < -0.4 is 10.1 Å². The molecule has 0 bridgehead atoms. The Kier molecular flexibility index (Phi) is 10.4. The van der Waals surface area contributed by atoms with Gasteiger partial charge in [-0.25, -0.2) is 4.79 Å². The number of allylic oxidation sites excluding steroid dienone is 2. The number of aliphatic imine (C=N–C) groups is 1. The third-order valence-electron chi connectivity index (χ3n) is 5.15. The summed E-state index contributed by atoms with van der Waals surface area (Å²) < 4.78 is 12.0. The van der Waals surface area contributed by atoms with Crippen LogP contribution in [0.5, 0.6) is 5.75 Å². The average Bonchev–Trinajstić information content (AvgIpc) is 2.71. The van der Waals surface area contributed by atoms with Crippen LogP contribution in [0.3, 0.4) is 0 Å². The number of rotatable bonds is 12.